The van der Waals surface area contributed by atoms with Crippen molar-refractivity contribution in [2.24, 2.45) is 5.92 Å². The van der Waals surface area contributed by atoms with E-state index in [2.05, 4.69) is 15.5 Å². The van der Waals surface area contributed by atoms with Crippen LogP contribution >= 0.6 is 0 Å². The lowest BCUT2D eigenvalue weighted by Gasteiger charge is -2.21. The van der Waals surface area contributed by atoms with E-state index < -0.39 is 23.5 Å². The molecule has 22 heavy (non-hydrogen) atoms. The highest BCUT2D eigenvalue weighted by molar-refractivity contribution is 6.05. The molecule has 1 aromatic heterocycles. The van der Waals surface area contributed by atoms with Crippen molar-refractivity contribution in [3.8, 4) is 0 Å². The smallest absolute Gasteiger partial charge is 0.272 e. The number of amides is 1. The molecule has 0 fully saturated rings. The minimum absolute atomic E-state index is 0.0230. The second kappa shape index (κ2) is 6.38. The summed E-state index contributed by atoms with van der Waals surface area (Å²) in [6.45, 7) is 3.69. The van der Waals surface area contributed by atoms with E-state index in [-0.39, 0.29) is 18.0 Å². The van der Waals surface area contributed by atoms with Crippen molar-refractivity contribution in [2.45, 2.75) is 26.3 Å². The second-order valence-electron chi connectivity index (χ2n) is 5.42. The number of aliphatic carboxylic acids is 1. The minimum Gasteiger partial charge on any atom is -0.548 e. The van der Waals surface area contributed by atoms with E-state index >= 15 is 0 Å². The Hall–Kier alpha value is -2.70. The number of benzene rings is 1. The fourth-order valence-corrected chi connectivity index (χ4v) is 2.20. The zero-order chi connectivity index (χ0) is 16.3. The highest BCUT2D eigenvalue weighted by Crippen LogP contribution is 2.13. The van der Waals surface area contributed by atoms with Gasteiger partial charge in [-0.3, -0.25) is 9.59 Å². The number of carbonyl (C=O) groups is 2. The summed E-state index contributed by atoms with van der Waals surface area (Å²) in [7, 11) is 0. The molecule has 0 aliphatic heterocycles. The zero-order valence-electron chi connectivity index (χ0n) is 12.3. The Kier molecular flexibility index (Phi) is 4.55. The number of hydrogen-bond donors (Lipinski definition) is 2. The molecule has 1 atom stereocenters. The molecule has 2 N–H and O–H groups in total. The molecule has 0 radical (unpaired) electrons. The quantitative estimate of drug-likeness (QED) is 0.795. The van der Waals surface area contributed by atoms with Crippen LogP contribution in [-0.4, -0.2) is 28.1 Å². The summed E-state index contributed by atoms with van der Waals surface area (Å²) in [5, 5.41) is 20.2. The van der Waals surface area contributed by atoms with E-state index in [1.807, 2.05) is 13.8 Å². The van der Waals surface area contributed by atoms with Gasteiger partial charge in [0.2, 0.25) is 0 Å². The van der Waals surface area contributed by atoms with Gasteiger partial charge < -0.3 is 15.2 Å². The molecular weight excluding hydrogens is 286 g/mol. The summed E-state index contributed by atoms with van der Waals surface area (Å²) in [6, 6.07) is 5.38. The van der Waals surface area contributed by atoms with E-state index in [1.54, 1.807) is 24.3 Å². The molecule has 0 unspecified atom stereocenters. The Bertz CT molecular complexity index is 767. The van der Waals surface area contributed by atoms with Gasteiger partial charge in [-0.1, -0.05) is 32.0 Å². The van der Waals surface area contributed by atoms with Crippen LogP contribution in [0.2, 0.25) is 0 Å². The van der Waals surface area contributed by atoms with Crippen molar-refractivity contribution in [3.05, 3.63) is 40.3 Å². The van der Waals surface area contributed by atoms with Crippen LogP contribution in [0.5, 0.6) is 0 Å². The van der Waals surface area contributed by atoms with Gasteiger partial charge in [-0.25, -0.2) is 5.10 Å². The Labute approximate surface area is 126 Å². The Morgan fingerprint density at radius 1 is 1.27 bits per heavy atom. The van der Waals surface area contributed by atoms with E-state index in [1.165, 1.54) is 0 Å². The Morgan fingerprint density at radius 2 is 1.91 bits per heavy atom. The minimum atomic E-state index is -1.35. The molecule has 0 saturated carbocycles. The third-order valence-corrected chi connectivity index (χ3v) is 3.21. The lowest BCUT2D eigenvalue weighted by molar-refractivity contribution is -0.308. The monoisotopic (exact) mass is 302 g/mol. The van der Waals surface area contributed by atoms with Gasteiger partial charge >= 0.3 is 0 Å². The van der Waals surface area contributed by atoms with Crippen molar-refractivity contribution in [1.82, 2.24) is 15.5 Å². The van der Waals surface area contributed by atoms with Gasteiger partial charge in [0, 0.05) is 5.39 Å². The number of nitrogens with zero attached hydrogens (tertiary/aromatic N) is 1. The Balaban J connectivity index is 2.36. The van der Waals surface area contributed by atoms with Gasteiger partial charge in [-0.2, -0.15) is 5.10 Å². The molecule has 1 heterocycles. The van der Waals surface area contributed by atoms with E-state index in [0.717, 1.165) is 0 Å². The summed E-state index contributed by atoms with van der Waals surface area (Å²) in [5.74, 6) is -1.94. The van der Waals surface area contributed by atoms with Crippen molar-refractivity contribution in [1.29, 1.82) is 0 Å². The highest BCUT2D eigenvalue weighted by atomic mass is 16.4. The average Bonchev–Trinajstić information content (AvgIpc) is 2.46. The third-order valence-electron chi connectivity index (χ3n) is 3.21. The zero-order valence-corrected chi connectivity index (χ0v) is 12.3. The lowest BCUT2D eigenvalue weighted by atomic mass is 10.0. The maximum absolute atomic E-state index is 12.3. The average molecular weight is 302 g/mol. The van der Waals surface area contributed by atoms with Gasteiger partial charge in [0.05, 0.1) is 17.4 Å². The summed E-state index contributed by atoms with van der Waals surface area (Å²) in [5.41, 5.74) is -0.434. The van der Waals surface area contributed by atoms with Crippen molar-refractivity contribution < 1.29 is 14.7 Å². The summed E-state index contributed by atoms with van der Waals surface area (Å²) in [6.07, 6.45) is 0.245. The van der Waals surface area contributed by atoms with Crippen LogP contribution in [-0.2, 0) is 4.79 Å². The fraction of sp³-hybridized carbons (Fsp3) is 0.333. The number of carboxylic acid groups (broad SMARTS) is 1. The summed E-state index contributed by atoms with van der Waals surface area (Å²) >= 11 is 0. The van der Waals surface area contributed by atoms with Gasteiger partial charge in [-0.15, -0.1) is 0 Å². The number of carboxylic acids is 1. The molecule has 2 rings (SSSR count). The van der Waals surface area contributed by atoms with E-state index in [0.29, 0.717) is 10.8 Å². The van der Waals surface area contributed by atoms with Crippen LogP contribution in [0, 0.1) is 5.92 Å². The van der Waals surface area contributed by atoms with Crippen LogP contribution in [0.15, 0.2) is 29.1 Å². The van der Waals surface area contributed by atoms with Crippen molar-refractivity contribution in [3.63, 3.8) is 0 Å². The fourth-order valence-electron chi connectivity index (χ4n) is 2.20. The first-order chi connectivity index (χ1) is 10.4. The highest BCUT2D eigenvalue weighted by Gasteiger charge is 2.19. The first-order valence-corrected chi connectivity index (χ1v) is 6.89. The molecule has 7 nitrogen and oxygen atoms in total. The molecule has 2 aromatic rings. The normalized spacial score (nSPS) is 12.3. The largest absolute Gasteiger partial charge is 0.548 e. The molecular formula is C15H16N3O4-. The van der Waals surface area contributed by atoms with Crippen LogP contribution in [0.25, 0.3) is 10.8 Å². The van der Waals surface area contributed by atoms with Crippen molar-refractivity contribution in [2.75, 3.05) is 0 Å². The number of rotatable bonds is 5. The summed E-state index contributed by atoms with van der Waals surface area (Å²) < 4.78 is 0. The number of hydrogen-bond acceptors (Lipinski definition) is 5. The number of carbonyl (C=O) groups excluding carboxylic acids is 2. The van der Waals surface area contributed by atoms with Gasteiger partial charge in [0.25, 0.3) is 11.5 Å². The number of aromatic amines is 1. The molecule has 0 aliphatic rings. The van der Waals surface area contributed by atoms with Crippen LogP contribution in [0.1, 0.15) is 30.8 Å². The van der Waals surface area contributed by atoms with Crippen molar-refractivity contribution >= 4 is 22.6 Å². The molecule has 0 aliphatic carbocycles. The summed E-state index contributed by atoms with van der Waals surface area (Å²) in [4.78, 5) is 35.1. The molecule has 0 spiro atoms. The second-order valence-corrected chi connectivity index (χ2v) is 5.42. The molecule has 0 saturated heterocycles. The van der Waals surface area contributed by atoms with Crippen LogP contribution < -0.4 is 16.0 Å². The topological polar surface area (TPSA) is 115 Å². The predicted octanol–water partition coefficient (Wildman–Crippen LogP) is -0.183. The lowest BCUT2D eigenvalue weighted by Crippen LogP contribution is -2.48. The number of H-pyrrole nitrogens is 1. The van der Waals surface area contributed by atoms with E-state index in [9.17, 15) is 19.5 Å². The van der Waals surface area contributed by atoms with Gasteiger partial charge in [0.1, 0.15) is 0 Å². The van der Waals surface area contributed by atoms with Gasteiger partial charge in [0.15, 0.2) is 5.69 Å². The molecule has 7 heteroatoms. The first kappa shape index (κ1) is 15.7. The molecule has 1 amide bonds. The first-order valence-electron chi connectivity index (χ1n) is 6.89. The molecule has 116 valence electrons. The molecule has 1 aromatic carbocycles. The maximum atomic E-state index is 12.3. The SMILES string of the molecule is CC(C)C[C@H](NC(=O)c1n[nH]c(=O)c2ccccc12)C(=O)[O-]. The number of fused-ring (bicyclic) bond motifs is 1. The van der Waals surface area contributed by atoms with Crippen LogP contribution in [0.4, 0.5) is 0 Å². The number of nitrogens with one attached hydrogen (secondary N) is 2. The van der Waals surface area contributed by atoms with E-state index in [4.69, 9.17) is 0 Å². The third kappa shape index (κ3) is 3.30. The Morgan fingerprint density at radius 3 is 2.50 bits per heavy atom. The predicted molar refractivity (Wildman–Crippen MR) is 78.1 cm³/mol. The number of aromatic nitrogens is 2. The van der Waals surface area contributed by atoms with Crippen LogP contribution in [0.3, 0.4) is 0 Å². The van der Waals surface area contributed by atoms with Gasteiger partial charge in [-0.05, 0) is 18.4 Å². The molecule has 0 bridgehead atoms. The maximum Gasteiger partial charge on any atom is 0.272 e. The standard InChI is InChI=1S/C15H17N3O4/c1-8(2)7-11(15(21)22)16-14(20)12-9-5-3-4-6-10(9)13(19)18-17-12/h3-6,8,11H,7H2,1-2H3,(H,16,20)(H,18,19)(H,21,22)/p-1/t11-/m0/s1.